The van der Waals surface area contributed by atoms with Gasteiger partial charge in [-0.25, -0.2) is 4.79 Å². The van der Waals surface area contributed by atoms with Gasteiger partial charge in [-0.3, -0.25) is 4.79 Å². The molecule has 0 unspecified atom stereocenters. The first-order valence-electron chi connectivity index (χ1n) is 5.93. The molecule has 4 heteroatoms. The molecule has 0 aliphatic carbocycles. The predicted molar refractivity (Wildman–Crippen MR) is 68.1 cm³/mol. The highest BCUT2D eigenvalue weighted by Gasteiger charge is 2.30. The van der Waals surface area contributed by atoms with Crippen LogP contribution in [0.5, 0.6) is 0 Å². The van der Waals surface area contributed by atoms with Crippen molar-refractivity contribution in [2.75, 3.05) is 11.5 Å². The minimum atomic E-state index is -0.565. The molecule has 0 spiro atoms. The van der Waals surface area contributed by atoms with Crippen molar-refractivity contribution in [3.05, 3.63) is 42.6 Å². The number of ketones is 1. The maximum atomic E-state index is 11.9. The van der Waals surface area contributed by atoms with Crippen molar-refractivity contribution >= 4 is 17.4 Å². The zero-order chi connectivity index (χ0) is 13.0. The van der Waals surface area contributed by atoms with Gasteiger partial charge in [-0.05, 0) is 25.1 Å². The molecule has 0 aromatic heterocycles. The Balaban J connectivity index is 2.27. The Morgan fingerprint density at radius 1 is 1.39 bits per heavy atom. The van der Waals surface area contributed by atoms with Gasteiger partial charge in [0.15, 0.2) is 5.78 Å². The van der Waals surface area contributed by atoms with Gasteiger partial charge in [0.1, 0.15) is 6.04 Å². The molecule has 1 aromatic carbocycles. The lowest BCUT2D eigenvalue weighted by Gasteiger charge is -2.30. The number of para-hydroxylation sites is 1. The summed E-state index contributed by atoms with van der Waals surface area (Å²) >= 11 is 0. The summed E-state index contributed by atoms with van der Waals surface area (Å²) in [6, 6.07) is 8.91. The molecule has 0 amide bonds. The number of hydrogen-bond donors (Lipinski definition) is 0. The zero-order valence-corrected chi connectivity index (χ0v) is 10.2. The molecule has 1 aliphatic heterocycles. The van der Waals surface area contributed by atoms with Gasteiger partial charge in [0, 0.05) is 18.3 Å². The van der Waals surface area contributed by atoms with Crippen LogP contribution in [0.1, 0.15) is 13.3 Å². The molecule has 0 fully saturated rings. The first-order chi connectivity index (χ1) is 8.72. The van der Waals surface area contributed by atoms with E-state index < -0.39 is 6.04 Å². The zero-order valence-electron chi connectivity index (χ0n) is 10.2. The standard InChI is InChI=1S/C14H15NO3/c1-2-18-14(17)13-10-12(16)8-9-15(13)11-6-4-3-5-7-11/h3-9,13H,2,10H2,1H3/t13-/m0/s1. The van der Waals surface area contributed by atoms with Gasteiger partial charge in [0.2, 0.25) is 0 Å². The topological polar surface area (TPSA) is 46.6 Å². The molecule has 18 heavy (non-hydrogen) atoms. The number of nitrogens with zero attached hydrogens (tertiary/aromatic N) is 1. The molecule has 1 atom stereocenters. The van der Waals surface area contributed by atoms with Gasteiger partial charge in [0.25, 0.3) is 0 Å². The molecule has 94 valence electrons. The second-order valence-electron chi connectivity index (χ2n) is 4.00. The van der Waals surface area contributed by atoms with Crippen LogP contribution < -0.4 is 4.90 Å². The van der Waals surface area contributed by atoms with E-state index in [1.165, 1.54) is 6.08 Å². The number of ether oxygens (including phenoxy) is 1. The lowest BCUT2D eigenvalue weighted by atomic mass is 10.0. The highest BCUT2D eigenvalue weighted by atomic mass is 16.5. The molecule has 4 nitrogen and oxygen atoms in total. The molecule has 2 rings (SSSR count). The van der Waals surface area contributed by atoms with E-state index in [-0.39, 0.29) is 18.2 Å². The second-order valence-corrected chi connectivity index (χ2v) is 4.00. The van der Waals surface area contributed by atoms with Crippen molar-refractivity contribution < 1.29 is 14.3 Å². The van der Waals surface area contributed by atoms with Crippen molar-refractivity contribution in [3.63, 3.8) is 0 Å². The molecule has 1 heterocycles. The molecule has 0 saturated carbocycles. The minimum Gasteiger partial charge on any atom is -0.464 e. The van der Waals surface area contributed by atoms with Gasteiger partial charge >= 0.3 is 5.97 Å². The fourth-order valence-corrected chi connectivity index (χ4v) is 1.93. The normalized spacial score (nSPS) is 18.8. The lowest BCUT2D eigenvalue weighted by molar-refractivity contribution is -0.145. The van der Waals surface area contributed by atoms with E-state index in [2.05, 4.69) is 0 Å². The van der Waals surface area contributed by atoms with Gasteiger partial charge in [0.05, 0.1) is 6.61 Å². The largest absolute Gasteiger partial charge is 0.464 e. The van der Waals surface area contributed by atoms with Crippen LogP contribution in [0.3, 0.4) is 0 Å². The fraction of sp³-hybridized carbons (Fsp3) is 0.286. The van der Waals surface area contributed by atoms with Gasteiger partial charge in [-0.2, -0.15) is 0 Å². The summed E-state index contributed by atoms with van der Waals surface area (Å²) in [7, 11) is 0. The van der Waals surface area contributed by atoms with Crippen molar-refractivity contribution in [2.45, 2.75) is 19.4 Å². The van der Waals surface area contributed by atoms with Crippen LogP contribution in [0.25, 0.3) is 0 Å². The van der Waals surface area contributed by atoms with E-state index in [1.807, 2.05) is 30.3 Å². The smallest absolute Gasteiger partial charge is 0.329 e. The Bertz CT molecular complexity index is 467. The Labute approximate surface area is 106 Å². The number of benzene rings is 1. The van der Waals surface area contributed by atoms with Crippen LogP contribution in [0, 0.1) is 0 Å². The summed E-state index contributed by atoms with van der Waals surface area (Å²) in [5.41, 5.74) is 0.874. The Kier molecular flexibility index (Phi) is 3.77. The van der Waals surface area contributed by atoms with Crippen LogP contribution >= 0.6 is 0 Å². The maximum absolute atomic E-state index is 11.9. The van der Waals surface area contributed by atoms with Crippen LogP contribution in [-0.4, -0.2) is 24.4 Å². The van der Waals surface area contributed by atoms with Crippen LogP contribution in [-0.2, 0) is 14.3 Å². The molecular weight excluding hydrogens is 230 g/mol. The van der Waals surface area contributed by atoms with E-state index in [9.17, 15) is 9.59 Å². The van der Waals surface area contributed by atoms with Gasteiger partial charge in [-0.1, -0.05) is 18.2 Å². The molecule has 0 saturated heterocycles. The number of carbonyl (C=O) groups excluding carboxylic acids is 2. The van der Waals surface area contributed by atoms with Crippen LogP contribution in [0.4, 0.5) is 5.69 Å². The van der Waals surface area contributed by atoms with Gasteiger partial charge in [-0.15, -0.1) is 0 Å². The van der Waals surface area contributed by atoms with Gasteiger partial charge < -0.3 is 9.64 Å². The summed E-state index contributed by atoms with van der Waals surface area (Å²) in [5.74, 6) is -0.417. The quantitative estimate of drug-likeness (QED) is 0.763. The number of rotatable bonds is 3. The number of esters is 1. The molecule has 0 N–H and O–H groups in total. The summed E-state index contributed by atoms with van der Waals surface area (Å²) in [6.45, 7) is 2.07. The van der Waals surface area contributed by atoms with Crippen LogP contribution in [0.2, 0.25) is 0 Å². The highest BCUT2D eigenvalue weighted by Crippen LogP contribution is 2.23. The Morgan fingerprint density at radius 3 is 2.78 bits per heavy atom. The Hall–Kier alpha value is -2.10. The van der Waals surface area contributed by atoms with E-state index in [4.69, 9.17) is 4.74 Å². The van der Waals surface area contributed by atoms with Crippen LogP contribution in [0.15, 0.2) is 42.6 Å². The number of anilines is 1. The summed E-state index contributed by atoms with van der Waals surface area (Å²) in [4.78, 5) is 25.1. The van der Waals surface area contributed by atoms with Crippen molar-refractivity contribution in [3.8, 4) is 0 Å². The first kappa shape index (κ1) is 12.4. The molecular formula is C14H15NO3. The Morgan fingerprint density at radius 2 is 2.11 bits per heavy atom. The third kappa shape index (κ3) is 2.59. The van der Waals surface area contributed by atoms with E-state index in [0.29, 0.717) is 6.61 Å². The number of hydrogen-bond acceptors (Lipinski definition) is 4. The average molecular weight is 245 g/mol. The van der Waals surface area contributed by atoms with Crippen molar-refractivity contribution in [1.29, 1.82) is 0 Å². The SMILES string of the molecule is CCOC(=O)[C@@H]1CC(=O)C=CN1c1ccccc1. The van der Waals surface area contributed by atoms with Crippen molar-refractivity contribution in [2.24, 2.45) is 0 Å². The molecule has 0 bridgehead atoms. The van der Waals surface area contributed by atoms with Crippen molar-refractivity contribution in [1.82, 2.24) is 0 Å². The summed E-state index contributed by atoms with van der Waals surface area (Å²) < 4.78 is 5.01. The number of allylic oxidation sites excluding steroid dienone is 1. The maximum Gasteiger partial charge on any atom is 0.329 e. The predicted octanol–water partition coefficient (Wildman–Crippen LogP) is 1.91. The monoisotopic (exact) mass is 245 g/mol. The fourth-order valence-electron chi connectivity index (χ4n) is 1.93. The van der Waals surface area contributed by atoms with E-state index in [0.717, 1.165) is 5.69 Å². The summed E-state index contributed by atoms with van der Waals surface area (Å²) in [6.07, 6.45) is 3.29. The minimum absolute atomic E-state index is 0.0553. The summed E-state index contributed by atoms with van der Waals surface area (Å²) in [5, 5.41) is 0. The average Bonchev–Trinajstić information content (AvgIpc) is 2.40. The number of carbonyl (C=O) groups is 2. The second kappa shape index (κ2) is 5.49. The first-order valence-corrected chi connectivity index (χ1v) is 5.93. The molecule has 1 aliphatic rings. The molecule has 0 radical (unpaired) electrons. The third-order valence-corrected chi connectivity index (χ3v) is 2.76. The highest BCUT2D eigenvalue weighted by molar-refractivity contribution is 5.97. The molecule has 1 aromatic rings. The van der Waals surface area contributed by atoms with E-state index >= 15 is 0 Å². The lowest BCUT2D eigenvalue weighted by Crippen LogP contribution is -2.42. The third-order valence-electron chi connectivity index (χ3n) is 2.76. The van der Waals surface area contributed by atoms with E-state index in [1.54, 1.807) is 18.0 Å².